The first-order valence-electron chi connectivity index (χ1n) is 10.2. The van der Waals surface area contributed by atoms with Crippen LogP contribution < -0.4 is 19.5 Å². The molecular formula is C24H24N2O5S. The Kier molecular flexibility index (Phi) is 6.05. The normalized spacial score (nSPS) is 15.1. The summed E-state index contributed by atoms with van der Waals surface area (Å²) in [4.78, 5) is 12.8. The van der Waals surface area contributed by atoms with E-state index in [1.54, 1.807) is 25.1 Å². The fraction of sp³-hybridized carbons (Fsp3) is 0.208. The van der Waals surface area contributed by atoms with E-state index in [9.17, 15) is 13.2 Å². The zero-order valence-corrected chi connectivity index (χ0v) is 18.6. The van der Waals surface area contributed by atoms with Crippen LogP contribution in [0.3, 0.4) is 0 Å². The second kappa shape index (κ2) is 8.92. The van der Waals surface area contributed by atoms with Crippen LogP contribution in [0.15, 0.2) is 71.6 Å². The maximum absolute atomic E-state index is 12.9. The zero-order chi connectivity index (χ0) is 22.7. The summed E-state index contributed by atoms with van der Waals surface area (Å²) in [6.07, 6.45) is -0.344. The van der Waals surface area contributed by atoms with Gasteiger partial charge in [0.2, 0.25) is 0 Å². The molecule has 0 saturated heterocycles. The number of aryl methyl sites for hydroxylation is 2. The van der Waals surface area contributed by atoms with Crippen molar-refractivity contribution in [3.05, 3.63) is 83.4 Å². The molecule has 3 aromatic carbocycles. The van der Waals surface area contributed by atoms with E-state index in [-0.39, 0.29) is 29.0 Å². The van der Waals surface area contributed by atoms with Crippen LogP contribution in [0.1, 0.15) is 21.5 Å². The van der Waals surface area contributed by atoms with E-state index in [1.807, 2.05) is 43.3 Å². The summed E-state index contributed by atoms with van der Waals surface area (Å²) in [5.74, 6) is 0.924. The molecule has 0 bridgehead atoms. The third-order valence-corrected chi connectivity index (χ3v) is 6.57. The average molecular weight is 453 g/mol. The fourth-order valence-electron chi connectivity index (χ4n) is 3.37. The fourth-order valence-corrected chi connectivity index (χ4v) is 4.53. The molecule has 2 N–H and O–H groups in total. The Morgan fingerprint density at radius 1 is 0.969 bits per heavy atom. The number of nitrogens with one attached hydrogen (secondary N) is 2. The summed E-state index contributed by atoms with van der Waals surface area (Å²) in [7, 11) is -3.85. The summed E-state index contributed by atoms with van der Waals surface area (Å²) in [5, 5.41) is 2.82. The SMILES string of the molecule is Cc1ccccc1NS(=O)(=O)c1ccc(C)c(C(=O)NCC2COc3ccccc3O2)c1. The highest BCUT2D eigenvalue weighted by molar-refractivity contribution is 7.92. The van der Waals surface area contributed by atoms with E-state index >= 15 is 0 Å². The number of benzene rings is 3. The van der Waals surface area contributed by atoms with Gasteiger partial charge in [-0.25, -0.2) is 8.42 Å². The Balaban J connectivity index is 1.46. The quantitative estimate of drug-likeness (QED) is 0.595. The minimum absolute atomic E-state index is 0.0164. The number of sulfonamides is 1. The van der Waals surface area contributed by atoms with Crippen molar-refractivity contribution in [2.24, 2.45) is 0 Å². The molecule has 3 aromatic rings. The number of hydrogen-bond acceptors (Lipinski definition) is 5. The molecule has 0 radical (unpaired) electrons. The van der Waals surface area contributed by atoms with Gasteiger partial charge < -0.3 is 14.8 Å². The third-order valence-electron chi connectivity index (χ3n) is 5.21. The number of hydrogen-bond donors (Lipinski definition) is 2. The van der Waals surface area contributed by atoms with Gasteiger partial charge in [-0.2, -0.15) is 0 Å². The first-order valence-corrected chi connectivity index (χ1v) is 11.7. The standard InChI is InChI=1S/C24H24N2O5S/c1-16-11-12-19(32(28,29)26-21-8-4-3-7-17(21)2)13-20(16)24(27)25-14-18-15-30-22-9-5-6-10-23(22)31-18/h3-13,18,26H,14-15H2,1-2H3,(H,25,27). The molecule has 1 aliphatic rings. The second-order valence-corrected chi connectivity index (χ2v) is 9.29. The van der Waals surface area contributed by atoms with Gasteiger partial charge >= 0.3 is 0 Å². The Labute approximate surface area is 187 Å². The number of anilines is 1. The Morgan fingerprint density at radius 3 is 2.47 bits per heavy atom. The van der Waals surface area contributed by atoms with Gasteiger partial charge in [0.25, 0.3) is 15.9 Å². The lowest BCUT2D eigenvalue weighted by Gasteiger charge is -2.26. The summed E-state index contributed by atoms with van der Waals surface area (Å²) >= 11 is 0. The molecule has 1 aliphatic heterocycles. The molecule has 0 saturated carbocycles. The molecule has 1 unspecified atom stereocenters. The van der Waals surface area contributed by atoms with Gasteiger partial charge in [-0.15, -0.1) is 0 Å². The lowest BCUT2D eigenvalue weighted by Crippen LogP contribution is -2.40. The van der Waals surface area contributed by atoms with Crippen LogP contribution in [0.5, 0.6) is 11.5 Å². The first kappa shape index (κ1) is 21.7. The first-order chi connectivity index (χ1) is 15.3. The van der Waals surface area contributed by atoms with Gasteiger partial charge in [-0.05, 0) is 55.3 Å². The van der Waals surface area contributed by atoms with E-state index in [1.165, 1.54) is 12.1 Å². The smallest absolute Gasteiger partial charge is 0.261 e. The predicted molar refractivity (Wildman–Crippen MR) is 122 cm³/mol. The molecular weight excluding hydrogens is 428 g/mol. The van der Waals surface area contributed by atoms with Crippen molar-refractivity contribution in [1.82, 2.24) is 5.32 Å². The maximum atomic E-state index is 12.9. The minimum Gasteiger partial charge on any atom is -0.486 e. The average Bonchev–Trinajstić information content (AvgIpc) is 2.79. The summed E-state index contributed by atoms with van der Waals surface area (Å²) in [6.45, 7) is 4.12. The van der Waals surface area contributed by atoms with Crippen molar-refractivity contribution in [3.8, 4) is 11.5 Å². The zero-order valence-electron chi connectivity index (χ0n) is 17.8. The predicted octanol–water partition coefficient (Wildman–Crippen LogP) is 3.67. The molecule has 1 amide bonds. The number of ether oxygens (including phenoxy) is 2. The van der Waals surface area contributed by atoms with E-state index in [0.29, 0.717) is 29.4 Å². The van der Waals surface area contributed by atoms with Crippen LogP contribution in [-0.2, 0) is 10.0 Å². The highest BCUT2D eigenvalue weighted by Gasteiger charge is 2.23. The molecule has 0 aliphatic carbocycles. The molecule has 32 heavy (non-hydrogen) atoms. The van der Waals surface area contributed by atoms with Crippen molar-refractivity contribution < 1.29 is 22.7 Å². The van der Waals surface area contributed by atoms with Gasteiger partial charge in [0.1, 0.15) is 12.7 Å². The summed E-state index contributed by atoms with van der Waals surface area (Å²) in [5.41, 5.74) is 2.25. The van der Waals surface area contributed by atoms with E-state index < -0.39 is 10.0 Å². The maximum Gasteiger partial charge on any atom is 0.261 e. The molecule has 7 nitrogen and oxygen atoms in total. The minimum atomic E-state index is -3.85. The lowest BCUT2D eigenvalue weighted by atomic mass is 10.1. The molecule has 166 valence electrons. The van der Waals surface area contributed by atoms with Crippen molar-refractivity contribution in [1.29, 1.82) is 0 Å². The molecule has 1 heterocycles. The molecule has 1 atom stereocenters. The Hall–Kier alpha value is -3.52. The van der Waals surface area contributed by atoms with Crippen molar-refractivity contribution >= 4 is 21.6 Å². The van der Waals surface area contributed by atoms with Gasteiger partial charge in [0.15, 0.2) is 11.5 Å². The van der Waals surface area contributed by atoms with Crippen LogP contribution in [-0.4, -0.2) is 33.6 Å². The third kappa shape index (κ3) is 4.70. The Morgan fingerprint density at radius 2 is 1.69 bits per heavy atom. The van der Waals surface area contributed by atoms with Crippen molar-refractivity contribution in [2.75, 3.05) is 17.9 Å². The number of fused-ring (bicyclic) bond motifs is 1. The Bertz CT molecular complexity index is 1260. The monoisotopic (exact) mass is 452 g/mol. The van der Waals surface area contributed by atoms with E-state index in [4.69, 9.17) is 9.47 Å². The number of carbonyl (C=O) groups is 1. The van der Waals surface area contributed by atoms with Crippen LogP contribution in [0.25, 0.3) is 0 Å². The number of rotatable bonds is 6. The van der Waals surface area contributed by atoms with Gasteiger partial charge in [0, 0.05) is 5.56 Å². The molecule has 4 rings (SSSR count). The van der Waals surface area contributed by atoms with Crippen LogP contribution in [0, 0.1) is 13.8 Å². The summed E-state index contributed by atoms with van der Waals surface area (Å²) in [6, 6.07) is 19.0. The highest BCUT2D eigenvalue weighted by atomic mass is 32.2. The van der Waals surface area contributed by atoms with Gasteiger partial charge in [-0.1, -0.05) is 36.4 Å². The molecule has 0 aromatic heterocycles. The van der Waals surface area contributed by atoms with Gasteiger partial charge in [-0.3, -0.25) is 9.52 Å². The van der Waals surface area contributed by atoms with Gasteiger partial charge in [0.05, 0.1) is 17.1 Å². The molecule has 8 heteroatoms. The highest BCUT2D eigenvalue weighted by Crippen LogP contribution is 2.30. The molecule has 0 spiro atoms. The van der Waals surface area contributed by atoms with Crippen LogP contribution >= 0.6 is 0 Å². The van der Waals surface area contributed by atoms with Crippen molar-refractivity contribution in [2.45, 2.75) is 24.8 Å². The largest absolute Gasteiger partial charge is 0.486 e. The van der Waals surface area contributed by atoms with E-state index in [0.717, 1.165) is 5.56 Å². The molecule has 0 fully saturated rings. The number of amides is 1. The number of carbonyl (C=O) groups excluding carboxylic acids is 1. The van der Waals surface area contributed by atoms with Crippen LogP contribution in [0.2, 0.25) is 0 Å². The number of para-hydroxylation sites is 3. The second-order valence-electron chi connectivity index (χ2n) is 7.60. The summed E-state index contributed by atoms with van der Waals surface area (Å²) < 4.78 is 39.9. The van der Waals surface area contributed by atoms with E-state index in [2.05, 4.69) is 10.0 Å². The topological polar surface area (TPSA) is 93.7 Å². The van der Waals surface area contributed by atoms with Crippen LogP contribution in [0.4, 0.5) is 5.69 Å². The lowest BCUT2D eigenvalue weighted by molar-refractivity contribution is 0.0789. The van der Waals surface area contributed by atoms with Crippen molar-refractivity contribution in [3.63, 3.8) is 0 Å².